The molecule has 3 aromatic rings. The zero-order chi connectivity index (χ0) is 22.3. The summed E-state index contributed by atoms with van der Waals surface area (Å²) in [5.74, 6) is -0.571. The van der Waals surface area contributed by atoms with E-state index in [2.05, 4.69) is 10.5 Å². The van der Waals surface area contributed by atoms with Crippen molar-refractivity contribution in [2.24, 2.45) is 5.10 Å². The van der Waals surface area contributed by atoms with Crippen LogP contribution in [0.5, 0.6) is 0 Å². The number of nitrogens with zero attached hydrogens (tertiary/aromatic N) is 2. The van der Waals surface area contributed by atoms with Crippen LogP contribution in [0.15, 0.2) is 88.9 Å². The first-order chi connectivity index (χ1) is 14.8. The summed E-state index contributed by atoms with van der Waals surface area (Å²) >= 11 is 11.7. The molecule has 0 saturated heterocycles. The maximum atomic E-state index is 13.2. The first-order valence-electron chi connectivity index (χ1n) is 9.22. The number of amides is 1. The van der Waals surface area contributed by atoms with Gasteiger partial charge in [0.2, 0.25) is 10.0 Å². The number of hydrogen-bond donors (Lipinski definition) is 1. The lowest BCUT2D eigenvalue weighted by atomic mass is 10.2. The van der Waals surface area contributed by atoms with Gasteiger partial charge in [-0.05, 0) is 47.5 Å². The van der Waals surface area contributed by atoms with E-state index in [1.807, 2.05) is 6.07 Å². The molecule has 1 N–H and O–H groups in total. The SMILES string of the molecule is O=C(CN(Cc1ccccc1)S(=O)(=O)c1ccc(Cl)cc1)N/N=C\c1ccc(Cl)cc1. The maximum Gasteiger partial charge on any atom is 0.255 e. The van der Waals surface area contributed by atoms with E-state index in [9.17, 15) is 13.2 Å². The molecule has 0 spiro atoms. The highest BCUT2D eigenvalue weighted by atomic mass is 35.5. The number of carbonyl (C=O) groups is 1. The van der Waals surface area contributed by atoms with Gasteiger partial charge in [0.15, 0.2) is 0 Å². The van der Waals surface area contributed by atoms with E-state index in [1.165, 1.54) is 30.5 Å². The lowest BCUT2D eigenvalue weighted by Gasteiger charge is -2.21. The van der Waals surface area contributed by atoms with Crippen LogP contribution in [-0.2, 0) is 21.4 Å². The van der Waals surface area contributed by atoms with Gasteiger partial charge in [0, 0.05) is 16.6 Å². The molecular weight excluding hydrogens is 457 g/mol. The molecule has 0 saturated carbocycles. The van der Waals surface area contributed by atoms with Crippen LogP contribution < -0.4 is 5.43 Å². The molecule has 1 amide bonds. The number of rotatable bonds is 8. The first-order valence-corrected chi connectivity index (χ1v) is 11.4. The fourth-order valence-electron chi connectivity index (χ4n) is 2.69. The average Bonchev–Trinajstić information content (AvgIpc) is 2.76. The van der Waals surface area contributed by atoms with Gasteiger partial charge >= 0.3 is 0 Å². The first kappa shape index (κ1) is 23.0. The minimum absolute atomic E-state index is 0.0279. The Morgan fingerprint density at radius 2 is 1.48 bits per heavy atom. The third-order valence-corrected chi connectivity index (χ3v) is 6.56. The van der Waals surface area contributed by atoms with Gasteiger partial charge in [0.25, 0.3) is 5.91 Å². The van der Waals surface area contributed by atoms with E-state index in [1.54, 1.807) is 48.5 Å². The lowest BCUT2D eigenvalue weighted by Crippen LogP contribution is -2.39. The molecule has 160 valence electrons. The van der Waals surface area contributed by atoms with E-state index < -0.39 is 22.5 Å². The van der Waals surface area contributed by atoms with Crippen molar-refractivity contribution >= 4 is 45.3 Å². The molecule has 0 aliphatic rings. The van der Waals surface area contributed by atoms with Crippen molar-refractivity contribution in [3.8, 4) is 0 Å². The smallest absolute Gasteiger partial charge is 0.255 e. The average molecular weight is 476 g/mol. The predicted molar refractivity (Wildman–Crippen MR) is 123 cm³/mol. The zero-order valence-corrected chi connectivity index (χ0v) is 18.6. The third kappa shape index (κ3) is 6.63. The molecule has 0 heterocycles. The number of hydrogen-bond acceptors (Lipinski definition) is 4. The van der Waals surface area contributed by atoms with Gasteiger partial charge in [0.1, 0.15) is 0 Å². The maximum absolute atomic E-state index is 13.2. The van der Waals surface area contributed by atoms with Crippen molar-refractivity contribution in [3.05, 3.63) is 100 Å². The Bertz CT molecular complexity index is 1150. The quantitative estimate of drug-likeness (QED) is 0.388. The monoisotopic (exact) mass is 475 g/mol. The van der Waals surface area contributed by atoms with Gasteiger partial charge in [-0.25, -0.2) is 13.8 Å². The van der Waals surface area contributed by atoms with Crippen molar-refractivity contribution in [2.75, 3.05) is 6.54 Å². The molecule has 0 aromatic heterocycles. The van der Waals surface area contributed by atoms with Gasteiger partial charge in [-0.3, -0.25) is 4.79 Å². The van der Waals surface area contributed by atoms with Gasteiger partial charge in [-0.15, -0.1) is 0 Å². The minimum Gasteiger partial charge on any atom is -0.272 e. The normalized spacial score (nSPS) is 11.7. The van der Waals surface area contributed by atoms with Gasteiger partial charge in [-0.2, -0.15) is 9.41 Å². The highest BCUT2D eigenvalue weighted by Crippen LogP contribution is 2.20. The van der Waals surface area contributed by atoms with E-state index >= 15 is 0 Å². The topological polar surface area (TPSA) is 78.8 Å². The highest BCUT2D eigenvalue weighted by Gasteiger charge is 2.26. The Hall–Kier alpha value is -2.71. The summed E-state index contributed by atoms with van der Waals surface area (Å²) in [7, 11) is -3.95. The summed E-state index contributed by atoms with van der Waals surface area (Å²) in [6, 6.07) is 21.7. The van der Waals surface area contributed by atoms with Crippen LogP contribution in [0.3, 0.4) is 0 Å². The Kier molecular flexibility index (Phi) is 7.81. The summed E-state index contributed by atoms with van der Waals surface area (Å²) in [6.45, 7) is -0.377. The summed E-state index contributed by atoms with van der Waals surface area (Å²) in [4.78, 5) is 12.5. The van der Waals surface area contributed by atoms with E-state index in [0.29, 0.717) is 10.0 Å². The number of sulfonamides is 1. The van der Waals surface area contributed by atoms with Crippen LogP contribution in [0.4, 0.5) is 0 Å². The summed E-state index contributed by atoms with van der Waals surface area (Å²) < 4.78 is 27.4. The molecule has 31 heavy (non-hydrogen) atoms. The number of hydrazone groups is 1. The van der Waals surface area contributed by atoms with E-state index in [0.717, 1.165) is 15.4 Å². The standard InChI is InChI=1S/C22H19Cl2N3O3S/c23-19-8-6-17(7-9-19)14-25-26-22(28)16-27(15-18-4-2-1-3-5-18)31(29,30)21-12-10-20(24)11-13-21/h1-14H,15-16H2,(H,26,28)/b25-14-. The molecule has 0 radical (unpaired) electrons. The Balaban J connectivity index is 1.76. The lowest BCUT2D eigenvalue weighted by molar-refractivity contribution is -0.121. The Morgan fingerprint density at radius 3 is 2.10 bits per heavy atom. The molecule has 0 aliphatic heterocycles. The van der Waals surface area contributed by atoms with Gasteiger partial charge < -0.3 is 0 Å². The molecule has 9 heteroatoms. The van der Waals surface area contributed by atoms with Crippen LogP contribution in [0, 0.1) is 0 Å². The Labute approximate surface area is 191 Å². The van der Waals surface area contributed by atoms with Crippen molar-refractivity contribution in [2.45, 2.75) is 11.4 Å². The molecule has 0 bridgehead atoms. The predicted octanol–water partition coefficient (Wildman–Crippen LogP) is 4.33. The molecular formula is C22H19Cl2N3O3S. The second kappa shape index (κ2) is 10.5. The largest absolute Gasteiger partial charge is 0.272 e. The fourth-order valence-corrected chi connectivity index (χ4v) is 4.33. The number of nitrogens with one attached hydrogen (secondary N) is 1. The molecule has 6 nitrogen and oxygen atoms in total. The van der Waals surface area contributed by atoms with Crippen molar-refractivity contribution in [1.29, 1.82) is 0 Å². The summed E-state index contributed by atoms with van der Waals surface area (Å²) in [5.41, 5.74) is 3.85. The van der Waals surface area contributed by atoms with Crippen LogP contribution in [0.25, 0.3) is 0 Å². The molecule has 3 aromatic carbocycles. The van der Waals surface area contributed by atoms with Crippen LogP contribution in [-0.4, -0.2) is 31.4 Å². The highest BCUT2D eigenvalue weighted by molar-refractivity contribution is 7.89. The van der Waals surface area contributed by atoms with Gasteiger partial charge in [-0.1, -0.05) is 65.7 Å². The molecule has 0 unspecified atom stereocenters. The van der Waals surface area contributed by atoms with E-state index in [4.69, 9.17) is 23.2 Å². The van der Waals surface area contributed by atoms with Crippen LogP contribution in [0.1, 0.15) is 11.1 Å². The summed E-state index contributed by atoms with van der Waals surface area (Å²) in [5, 5.41) is 4.90. The van der Waals surface area contributed by atoms with E-state index in [-0.39, 0.29) is 11.4 Å². The van der Waals surface area contributed by atoms with Crippen molar-refractivity contribution < 1.29 is 13.2 Å². The molecule has 0 atom stereocenters. The van der Waals surface area contributed by atoms with Gasteiger partial charge in [0.05, 0.1) is 17.7 Å². The molecule has 0 fully saturated rings. The molecule has 3 rings (SSSR count). The Morgan fingerprint density at radius 1 is 0.903 bits per heavy atom. The minimum atomic E-state index is -3.95. The van der Waals surface area contributed by atoms with Crippen LogP contribution in [0.2, 0.25) is 10.0 Å². The summed E-state index contributed by atoms with van der Waals surface area (Å²) in [6.07, 6.45) is 1.45. The van der Waals surface area contributed by atoms with Crippen LogP contribution >= 0.6 is 23.2 Å². The zero-order valence-electron chi connectivity index (χ0n) is 16.3. The second-order valence-corrected chi connectivity index (χ2v) is 9.37. The third-order valence-electron chi connectivity index (χ3n) is 4.25. The molecule has 0 aliphatic carbocycles. The second-order valence-electron chi connectivity index (χ2n) is 6.56. The number of carbonyl (C=O) groups excluding carboxylic acids is 1. The van der Waals surface area contributed by atoms with Crippen molar-refractivity contribution in [3.63, 3.8) is 0 Å². The number of benzene rings is 3. The van der Waals surface area contributed by atoms with Crippen molar-refractivity contribution in [1.82, 2.24) is 9.73 Å². The number of halogens is 2. The fraction of sp³-hybridized carbons (Fsp3) is 0.0909.